The Bertz CT molecular complexity index is 380. The Labute approximate surface area is 88.7 Å². The van der Waals surface area contributed by atoms with Crippen molar-refractivity contribution >= 4 is 0 Å². The molecule has 1 aromatic rings. The largest absolute Gasteiger partial charge is 0.373 e. The third-order valence-corrected chi connectivity index (χ3v) is 2.60. The van der Waals surface area contributed by atoms with Gasteiger partial charge in [0.1, 0.15) is 11.8 Å². The Morgan fingerprint density at radius 1 is 1.60 bits per heavy atom. The minimum atomic E-state index is 0.256. The zero-order valence-corrected chi connectivity index (χ0v) is 8.39. The van der Waals surface area contributed by atoms with Crippen LogP contribution in [0, 0.1) is 11.3 Å². The number of nitrogens with two attached hydrogens (primary N) is 1. The first-order valence-electron chi connectivity index (χ1n) is 5.01. The van der Waals surface area contributed by atoms with Crippen molar-refractivity contribution < 1.29 is 4.74 Å². The molecule has 78 valence electrons. The number of aromatic nitrogens is 1. The summed E-state index contributed by atoms with van der Waals surface area (Å²) in [5.74, 6) is 0. The van der Waals surface area contributed by atoms with Gasteiger partial charge in [-0.3, -0.25) is 0 Å². The van der Waals surface area contributed by atoms with E-state index >= 15 is 0 Å². The highest BCUT2D eigenvalue weighted by molar-refractivity contribution is 5.29. The summed E-state index contributed by atoms with van der Waals surface area (Å²) in [5.41, 5.74) is 6.94. The van der Waals surface area contributed by atoms with Gasteiger partial charge in [-0.25, -0.2) is 4.98 Å². The predicted octanol–water partition coefficient (Wildman–Crippen LogP) is 0.960. The maximum Gasteiger partial charge on any atom is 0.145 e. The van der Waals surface area contributed by atoms with Gasteiger partial charge in [0.15, 0.2) is 0 Å². The first-order chi connectivity index (χ1) is 7.29. The average molecular weight is 203 g/mol. The summed E-state index contributed by atoms with van der Waals surface area (Å²) in [6, 6.07) is 6.02. The fourth-order valence-corrected chi connectivity index (χ4v) is 1.61. The molecule has 1 fully saturated rings. The molecular weight excluding hydrogens is 190 g/mol. The maximum atomic E-state index is 8.81. The third kappa shape index (κ3) is 2.32. The summed E-state index contributed by atoms with van der Waals surface area (Å²) in [6.07, 6.45) is 3.71. The molecule has 0 radical (unpaired) electrons. The summed E-state index contributed by atoms with van der Waals surface area (Å²) < 4.78 is 5.61. The Morgan fingerprint density at radius 2 is 2.40 bits per heavy atom. The van der Waals surface area contributed by atoms with Crippen molar-refractivity contribution in [1.82, 2.24) is 4.98 Å². The van der Waals surface area contributed by atoms with Gasteiger partial charge in [-0.15, -0.1) is 0 Å². The van der Waals surface area contributed by atoms with Crippen LogP contribution < -0.4 is 5.73 Å². The first-order valence-corrected chi connectivity index (χ1v) is 5.01. The molecule has 1 aromatic heterocycles. The highest BCUT2D eigenvalue weighted by Crippen LogP contribution is 2.22. The number of pyridine rings is 1. The van der Waals surface area contributed by atoms with Crippen LogP contribution >= 0.6 is 0 Å². The molecule has 2 rings (SSSR count). The molecule has 1 saturated carbocycles. The molecule has 0 aromatic carbocycles. The first kappa shape index (κ1) is 10.1. The van der Waals surface area contributed by atoms with Crippen molar-refractivity contribution in [1.29, 1.82) is 5.26 Å². The van der Waals surface area contributed by atoms with E-state index in [2.05, 4.69) is 4.98 Å². The van der Waals surface area contributed by atoms with E-state index in [4.69, 9.17) is 15.7 Å². The van der Waals surface area contributed by atoms with Crippen molar-refractivity contribution in [3.8, 4) is 6.07 Å². The number of hydrogen-bond acceptors (Lipinski definition) is 4. The molecule has 0 unspecified atom stereocenters. The van der Waals surface area contributed by atoms with Gasteiger partial charge in [0.25, 0.3) is 0 Å². The van der Waals surface area contributed by atoms with Gasteiger partial charge >= 0.3 is 0 Å². The summed E-state index contributed by atoms with van der Waals surface area (Å²) in [5, 5.41) is 8.81. The third-order valence-electron chi connectivity index (χ3n) is 2.60. The second-order valence-electron chi connectivity index (χ2n) is 3.79. The number of nitriles is 1. The van der Waals surface area contributed by atoms with Gasteiger partial charge in [0.2, 0.25) is 0 Å². The predicted molar refractivity (Wildman–Crippen MR) is 54.7 cm³/mol. The van der Waals surface area contributed by atoms with Crippen LogP contribution in [0.1, 0.15) is 24.1 Å². The highest BCUT2D eigenvalue weighted by Gasteiger charge is 2.26. The molecule has 0 saturated heterocycles. The lowest BCUT2D eigenvalue weighted by Gasteiger charge is -2.32. The Morgan fingerprint density at radius 3 is 3.07 bits per heavy atom. The number of nitrogens with zero attached hydrogens (tertiary/aromatic N) is 2. The topological polar surface area (TPSA) is 71.9 Å². The minimum Gasteiger partial charge on any atom is -0.373 e. The molecule has 0 spiro atoms. The molecule has 0 amide bonds. The lowest BCUT2D eigenvalue weighted by Crippen LogP contribution is -2.41. The van der Waals surface area contributed by atoms with Crippen molar-refractivity contribution in [3.63, 3.8) is 0 Å². The second kappa shape index (κ2) is 4.39. The van der Waals surface area contributed by atoms with E-state index in [1.807, 2.05) is 18.2 Å². The van der Waals surface area contributed by atoms with Gasteiger partial charge < -0.3 is 10.5 Å². The number of rotatable bonds is 3. The molecule has 2 N–H and O–H groups in total. The van der Waals surface area contributed by atoms with Crippen LogP contribution in [0.25, 0.3) is 0 Å². The molecule has 15 heavy (non-hydrogen) atoms. The zero-order chi connectivity index (χ0) is 10.7. The summed E-state index contributed by atoms with van der Waals surface area (Å²) in [4.78, 5) is 3.97. The van der Waals surface area contributed by atoms with Crippen LogP contribution in [0.4, 0.5) is 0 Å². The van der Waals surface area contributed by atoms with Gasteiger partial charge in [-0.1, -0.05) is 6.07 Å². The van der Waals surface area contributed by atoms with E-state index < -0.39 is 0 Å². The van der Waals surface area contributed by atoms with E-state index in [0.29, 0.717) is 18.3 Å². The molecule has 0 bridgehead atoms. The van der Waals surface area contributed by atoms with E-state index in [0.717, 1.165) is 18.4 Å². The Hall–Kier alpha value is -1.44. The van der Waals surface area contributed by atoms with Crippen molar-refractivity contribution in [2.75, 3.05) is 0 Å². The Balaban J connectivity index is 1.91. The summed E-state index contributed by atoms with van der Waals surface area (Å²) in [7, 11) is 0. The average Bonchev–Trinajstić information content (AvgIpc) is 2.23. The maximum absolute atomic E-state index is 8.81. The van der Waals surface area contributed by atoms with E-state index in [1.165, 1.54) is 0 Å². The van der Waals surface area contributed by atoms with Gasteiger partial charge in [0.05, 0.1) is 12.7 Å². The smallest absolute Gasteiger partial charge is 0.145 e. The normalized spacial score (nSPS) is 24.3. The van der Waals surface area contributed by atoms with Gasteiger partial charge in [0, 0.05) is 17.8 Å². The van der Waals surface area contributed by atoms with Crippen LogP contribution in [-0.4, -0.2) is 17.1 Å². The van der Waals surface area contributed by atoms with Crippen LogP contribution in [-0.2, 0) is 11.3 Å². The van der Waals surface area contributed by atoms with Crippen molar-refractivity contribution in [3.05, 3.63) is 29.6 Å². The molecule has 1 aliphatic rings. The second-order valence-corrected chi connectivity index (χ2v) is 3.79. The fourth-order valence-electron chi connectivity index (χ4n) is 1.61. The van der Waals surface area contributed by atoms with E-state index in [1.54, 1.807) is 6.20 Å². The standard InChI is InChI=1S/C11H13N3O/c12-6-11-8(2-1-3-14-11)7-15-10-4-9(13)5-10/h1-3,9-10H,4-5,7,13H2. The number of ether oxygens (including phenoxy) is 1. The van der Waals surface area contributed by atoms with Crippen LogP contribution in [0.5, 0.6) is 0 Å². The monoisotopic (exact) mass is 203 g/mol. The van der Waals surface area contributed by atoms with Crippen LogP contribution in [0.2, 0.25) is 0 Å². The van der Waals surface area contributed by atoms with Crippen LogP contribution in [0.3, 0.4) is 0 Å². The van der Waals surface area contributed by atoms with Crippen molar-refractivity contribution in [2.45, 2.75) is 31.6 Å². The number of hydrogen-bond donors (Lipinski definition) is 1. The highest BCUT2D eigenvalue weighted by atomic mass is 16.5. The van der Waals surface area contributed by atoms with Gasteiger partial charge in [-0.05, 0) is 18.9 Å². The minimum absolute atomic E-state index is 0.256. The molecule has 1 heterocycles. The molecular formula is C11H13N3O. The van der Waals surface area contributed by atoms with E-state index in [-0.39, 0.29) is 6.10 Å². The Kier molecular flexibility index (Phi) is 2.95. The van der Waals surface area contributed by atoms with Gasteiger partial charge in [-0.2, -0.15) is 5.26 Å². The lowest BCUT2D eigenvalue weighted by molar-refractivity contribution is -0.0190. The molecule has 4 nitrogen and oxygen atoms in total. The molecule has 1 aliphatic carbocycles. The SMILES string of the molecule is N#Cc1ncccc1COC1CC(N)C1. The lowest BCUT2D eigenvalue weighted by atomic mass is 9.90. The van der Waals surface area contributed by atoms with E-state index in [9.17, 15) is 0 Å². The quantitative estimate of drug-likeness (QED) is 0.794. The fraction of sp³-hybridized carbons (Fsp3) is 0.455. The summed E-state index contributed by atoms with van der Waals surface area (Å²) in [6.45, 7) is 0.452. The molecule has 0 aliphatic heterocycles. The molecule has 4 heteroatoms. The van der Waals surface area contributed by atoms with Crippen LogP contribution in [0.15, 0.2) is 18.3 Å². The molecule has 0 atom stereocenters. The zero-order valence-electron chi connectivity index (χ0n) is 8.39. The summed E-state index contributed by atoms with van der Waals surface area (Å²) >= 11 is 0. The van der Waals surface area contributed by atoms with Crippen molar-refractivity contribution in [2.24, 2.45) is 5.73 Å².